The van der Waals surface area contributed by atoms with Gasteiger partial charge in [0.1, 0.15) is 5.75 Å². The van der Waals surface area contributed by atoms with Gasteiger partial charge in [0.15, 0.2) is 5.78 Å². The first-order valence-corrected chi connectivity index (χ1v) is 10.7. The van der Waals surface area contributed by atoms with Crippen LogP contribution in [-0.2, 0) is 20.8 Å². The summed E-state index contributed by atoms with van der Waals surface area (Å²) in [5.74, 6) is -2.03. The molecule has 4 amide bonds. The van der Waals surface area contributed by atoms with Crippen LogP contribution in [0.5, 0.6) is 5.75 Å². The maximum Gasteiger partial charge on any atom is 0.526 e. The van der Waals surface area contributed by atoms with E-state index in [1.807, 2.05) is 25.1 Å². The number of piperazine rings is 1. The standard InChI is InChI=1S/C21H28BN3O7/c1-3-24-8-9-25(20(29)19(24)28)21(30)23-16(7-10-26)17(27)12-15-11-14-6-4-5-13(2)18(14)32-22(15)31/h4-6,15-16,26,31H,3,7-12H2,1-2H3,(H,23,30)/t15-,16-/m1/s1. The van der Waals surface area contributed by atoms with E-state index in [0.717, 1.165) is 16.0 Å². The van der Waals surface area contributed by atoms with Crippen molar-refractivity contribution in [3.05, 3.63) is 29.3 Å². The molecule has 0 radical (unpaired) electrons. The molecule has 11 heteroatoms. The van der Waals surface area contributed by atoms with Crippen molar-refractivity contribution in [1.82, 2.24) is 15.1 Å². The van der Waals surface area contributed by atoms with Gasteiger partial charge in [-0.1, -0.05) is 18.2 Å². The highest BCUT2D eigenvalue weighted by Crippen LogP contribution is 2.36. The molecule has 0 aromatic heterocycles. The maximum atomic E-state index is 12.9. The molecule has 2 aliphatic rings. The minimum absolute atomic E-state index is 0.0234. The van der Waals surface area contributed by atoms with E-state index >= 15 is 0 Å². The zero-order chi connectivity index (χ0) is 23.4. The third kappa shape index (κ3) is 4.94. The summed E-state index contributed by atoms with van der Waals surface area (Å²) in [6, 6.07) is 3.70. The summed E-state index contributed by atoms with van der Waals surface area (Å²) in [4.78, 5) is 51.9. The van der Waals surface area contributed by atoms with Gasteiger partial charge in [-0.05, 0) is 37.8 Å². The van der Waals surface area contributed by atoms with Gasteiger partial charge in [-0.2, -0.15) is 0 Å². The molecule has 172 valence electrons. The molecule has 32 heavy (non-hydrogen) atoms. The Labute approximate surface area is 186 Å². The minimum Gasteiger partial charge on any atom is -0.536 e. The molecule has 0 spiro atoms. The number of amides is 4. The van der Waals surface area contributed by atoms with Crippen molar-refractivity contribution in [3.8, 4) is 5.75 Å². The van der Waals surface area contributed by atoms with E-state index in [0.29, 0.717) is 18.7 Å². The number of Topliss-reactive ketones (excluding diaryl/α,β-unsaturated/α-hetero) is 1. The van der Waals surface area contributed by atoms with Crippen LogP contribution in [0, 0.1) is 6.92 Å². The first-order chi connectivity index (χ1) is 15.3. The Morgan fingerprint density at radius 1 is 1.28 bits per heavy atom. The number of carbonyl (C=O) groups excluding carboxylic acids is 4. The van der Waals surface area contributed by atoms with Crippen LogP contribution in [0.2, 0.25) is 5.82 Å². The lowest BCUT2D eigenvalue weighted by Crippen LogP contribution is -2.59. The van der Waals surface area contributed by atoms with Crippen molar-refractivity contribution in [3.63, 3.8) is 0 Å². The first-order valence-electron chi connectivity index (χ1n) is 10.7. The van der Waals surface area contributed by atoms with E-state index in [4.69, 9.17) is 4.65 Å². The number of nitrogens with one attached hydrogen (secondary N) is 1. The second-order valence-electron chi connectivity index (χ2n) is 8.06. The number of aryl methyl sites for hydroxylation is 1. The van der Waals surface area contributed by atoms with Crippen LogP contribution in [0.1, 0.15) is 30.9 Å². The number of hydrogen-bond acceptors (Lipinski definition) is 7. The van der Waals surface area contributed by atoms with Gasteiger partial charge in [-0.25, -0.2) is 4.79 Å². The maximum absolute atomic E-state index is 12.9. The fraction of sp³-hybridized carbons (Fsp3) is 0.524. The van der Waals surface area contributed by atoms with Crippen molar-refractivity contribution in [2.24, 2.45) is 0 Å². The minimum atomic E-state index is -1.18. The fourth-order valence-corrected chi connectivity index (χ4v) is 4.06. The van der Waals surface area contributed by atoms with Crippen LogP contribution in [0.3, 0.4) is 0 Å². The number of para-hydroxylation sites is 1. The van der Waals surface area contributed by atoms with Crippen molar-refractivity contribution < 1.29 is 34.0 Å². The largest absolute Gasteiger partial charge is 0.536 e. The summed E-state index contributed by atoms with van der Waals surface area (Å²) < 4.78 is 5.61. The average Bonchev–Trinajstić information content (AvgIpc) is 2.76. The van der Waals surface area contributed by atoms with Crippen LogP contribution in [0.4, 0.5) is 4.79 Å². The second kappa shape index (κ2) is 10.1. The quantitative estimate of drug-likeness (QED) is 0.394. The molecule has 0 bridgehead atoms. The number of imide groups is 1. The summed E-state index contributed by atoms with van der Waals surface area (Å²) in [5, 5.41) is 22.2. The fourth-order valence-electron chi connectivity index (χ4n) is 4.06. The summed E-state index contributed by atoms with van der Waals surface area (Å²) in [6.07, 6.45) is 0.284. The van der Waals surface area contributed by atoms with Gasteiger partial charge in [-0.3, -0.25) is 19.3 Å². The molecule has 1 aromatic rings. The molecule has 0 saturated carbocycles. The third-order valence-electron chi connectivity index (χ3n) is 5.92. The number of hydrogen-bond donors (Lipinski definition) is 3. The Hall–Kier alpha value is -2.92. The molecule has 2 atom stereocenters. The molecule has 1 saturated heterocycles. The number of urea groups is 1. The topological polar surface area (TPSA) is 136 Å². The Balaban J connectivity index is 1.65. The Kier molecular flexibility index (Phi) is 7.52. The molecule has 1 fully saturated rings. The van der Waals surface area contributed by atoms with Crippen LogP contribution >= 0.6 is 0 Å². The molecule has 0 aliphatic carbocycles. The molecular formula is C21H28BN3O7. The lowest BCUT2D eigenvalue weighted by atomic mass is 9.64. The van der Waals surface area contributed by atoms with Gasteiger partial charge in [0.05, 0.1) is 6.04 Å². The zero-order valence-electron chi connectivity index (χ0n) is 18.2. The molecule has 1 aromatic carbocycles. The molecule has 3 N–H and O–H groups in total. The van der Waals surface area contributed by atoms with E-state index in [9.17, 15) is 29.3 Å². The van der Waals surface area contributed by atoms with E-state index < -0.39 is 42.6 Å². The number of rotatable bonds is 7. The number of carbonyl (C=O) groups is 4. The number of likely N-dealkylation sites (N-methyl/N-ethyl adjacent to an activating group) is 1. The SMILES string of the molecule is CCN1CCN(C(=O)N[C@H](CCO)C(=O)C[C@H]2Cc3cccc(C)c3OB2O)C(=O)C1=O. The molecule has 2 heterocycles. The van der Waals surface area contributed by atoms with Crippen LogP contribution in [0.25, 0.3) is 0 Å². The second-order valence-corrected chi connectivity index (χ2v) is 8.06. The molecule has 3 rings (SSSR count). The lowest BCUT2D eigenvalue weighted by Gasteiger charge is -2.33. The summed E-state index contributed by atoms with van der Waals surface area (Å²) in [7, 11) is -1.18. The van der Waals surface area contributed by atoms with Gasteiger partial charge >= 0.3 is 25.0 Å². The van der Waals surface area contributed by atoms with E-state index in [2.05, 4.69) is 5.32 Å². The monoisotopic (exact) mass is 445 g/mol. The normalized spacial score (nSPS) is 19.4. The summed E-state index contributed by atoms with van der Waals surface area (Å²) in [6.45, 7) is 3.85. The van der Waals surface area contributed by atoms with Gasteiger partial charge in [-0.15, -0.1) is 0 Å². The number of aliphatic hydroxyl groups is 1. The molecule has 10 nitrogen and oxygen atoms in total. The van der Waals surface area contributed by atoms with E-state index in [1.165, 1.54) is 4.90 Å². The number of fused-ring (bicyclic) bond motifs is 1. The highest BCUT2D eigenvalue weighted by Gasteiger charge is 2.39. The lowest BCUT2D eigenvalue weighted by molar-refractivity contribution is -0.153. The highest BCUT2D eigenvalue weighted by molar-refractivity contribution is 6.46. The smallest absolute Gasteiger partial charge is 0.526 e. The third-order valence-corrected chi connectivity index (χ3v) is 5.92. The highest BCUT2D eigenvalue weighted by atomic mass is 16.5. The number of nitrogens with zero attached hydrogens (tertiary/aromatic N) is 2. The van der Waals surface area contributed by atoms with Gasteiger partial charge in [0, 0.05) is 38.5 Å². The van der Waals surface area contributed by atoms with Crippen LogP contribution in [0.15, 0.2) is 18.2 Å². The molecular weight excluding hydrogens is 417 g/mol. The van der Waals surface area contributed by atoms with Crippen molar-refractivity contribution >= 4 is 30.7 Å². The Morgan fingerprint density at radius 2 is 2.03 bits per heavy atom. The first kappa shape index (κ1) is 23.7. The van der Waals surface area contributed by atoms with Crippen molar-refractivity contribution in [2.45, 2.75) is 45.0 Å². The molecule has 0 unspecified atom stereocenters. The Morgan fingerprint density at radius 3 is 2.72 bits per heavy atom. The number of aliphatic hydroxyl groups excluding tert-OH is 1. The Bertz CT molecular complexity index is 909. The van der Waals surface area contributed by atoms with Gasteiger partial charge in [0.2, 0.25) is 0 Å². The van der Waals surface area contributed by atoms with Crippen molar-refractivity contribution in [2.75, 3.05) is 26.2 Å². The predicted molar refractivity (Wildman–Crippen MR) is 115 cm³/mol. The summed E-state index contributed by atoms with van der Waals surface area (Å²) in [5.41, 5.74) is 1.77. The molecule has 2 aliphatic heterocycles. The van der Waals surface area contributed by atoms with Crippen LogP contribution < -0.4 is 9.97 Å². The number of ketones is 1. The van der Waals surface area contributed by atoms with E-state index in [1.54, 1.807) is 6.92 Å². The van der Waals surface area contributed by atoms with Crippen LogP contribution in [-0.4, -0.2) is 83.0 Å². The zero-order valence-corrected chi connectivity index (χ0v) is 18.2. The summed E-state index contributed by atoms with van der Waals surface area (Å²) >= 11 is 0. The average molecular weight is 445 g/mol. The predicted octanol–water partition coefficient (Wildman–Crippen LogP) is -0.109. The van der Waals surface area contributed by atoms with Crippen molar-refractivity contribution in [1.29, 1.82) is 0 Å². The van der Waals surface area contributed by atoms with E-state index in [-0.39, 0.29) is 32.5 Å². The van der Waals surface area contributed by atoms with Gasteiger partial charge in [0.25, 0.3) is 0 Å². The van der Waals surface area contributed by atoms with Gasteiger partial charge < -0.3 is 25.0 Å². The number of benzene rings is 1.